The Kier molecular flexibility index (Phi) is 3.23. The van der Waals surface area contributed by atoms with Gasteiger partial charge in [-0.25, -0.2) is 0 Å². The van der Waals surface area contributed by atoms with Crippen LogP contribution in [0.2, 0.25) is 0 Å². The fraction of sp³-hybridized carbons (Fsp3) is 0.600. The molecule has 0 aromatic carbocycles. The van der Waals surface area contributed by atoms with Crippen LogP contribution in [0, 0.1) is 0 Å². The first-order valence-electron chi connectivity index (χ1n) is 2.41. The fourth-order valence-corrected chi connectivity index (χ4v) is 0.326. The molecule has 3 heteroatoms. The number of hydroxylamine groups is 2. The van der Waals surface area contributed by atoms with E-state index in [2.05, 4.69) is 0 Å². The third-order valence-corrected chi connectivity index (χ3v) is 0.724. The van der Waals surface area contributed by atoms with Gasteiger partial charge in [-0.05, 0) is 13.0 Å². The van der Waals surface area contributed by atoms with Crippen molar-refractivity contribution in [2.45, 2.75) is 6.92 Å². The summed E-state index contributed by atoms with van der Waals surface area (Å²) >= 11 is 0. The van der Waals surface area contributed by atoms with Crippen molar-refractivity contribution in [2.75, 3.05) is 13.6 Å². The third kappa shape index (κ3) is 3.64. The van der Waals surface area contributed by atoms with Crippen molar-refractivity contribution in [3.8, 4) is 0 Å². The monoisotopic (exact) mass is 117 g/mol. The molecule has 48 valence electrons. The molecule has 0 aliphatic rings. The van der Waals surface area contributed by atoms with Gasteiger partial charge in [0.25, 0.3) is 0 Å². The summed E-state index contributed by atoms with van der Waals surface area (Å²) in [6.07, 6.45) is 1.53. The maximum absolute atomic E-state index is 8.69. The molecule has 0 radical (unpaired) electrons. The van der Waals surface area contributed by atoms with Crippen LogP contribution in [0.5, 0.6) is 0 Å². The fourth-order valence-electron chi connectivity index (χ4n) is 0.326. The molecule has 3 nitrogen and oxygen atoms in total. The molecule has 0 amide bonds. The maximum atomic E-state index is 8.69. The summed E-state index contributed by atoms with van der Waals surface area (Å²) < 4.78 is 0. The standard InChI is InChI=1S/C5H11NO2/c1-3-5(7)4-6(2)8/h3,7-8H,4H2,1-2H3/b5-3-. The highest BCUT2D eigenvalue weighted by Crippen LogP contribution is 1.87. The number of rotatable bonds is 2. The van der Waals surface area contributed by atoms with E-state index in [1.165, 1.54) is 13.1 Å². The average Bonchev–Trinajstić information content (AvgIpc) is 1.65. The average molecular weight is 117 g/mol. The molecule has 0 saturated heterocycles. The normalized spacial score (nSPS) is 12.8. The van der Waals surface area contributed by atoms with Crippen LogP contribution in [0.4, 0.5) is 0 Å². The smallest absolute Gasteiger partial charge is 0.104 e. The number of likely N-dealkylation sites (N-methyl/N-ethyl adjacent to an activating group) is 1. The minimum Gasteiger partial charge on any atom is -0.511 e. The minimum absolute atomic E-state index is 0.176. The van der Waals surface area contributed by atoms with Gasteiger partial charge in [0.05, 0.1) is 6.54 Å². The first kappa shape index (κ1) is 7.46. The van der Waals surface area contributed by atoms with Crippen molar-refractivity contribution in [1.29, 1.82) is 0 Å². The lowest BCUT2D eigenvalue weighted by atomic mass is 10.5. The number of allylic oxidation sites excluding steroid dienone is 1. The largest absolute Gasteiger partial charge is 0.511 e. The second-order valence-electron chi connectivity index (χ2n) is 1.60. The van der Waals surface area contributed by atoms with Crippen LogP contribution in [0.25, 0.3) is 0 Å². The molecule has 0 aromatic rings. The Bertz CT molecular complexity index is 88.4. The highest BCUT2D eigenvalue weighted by atomic mass is 16.5. The number of nitrogens with zero attached hydrogens (tertiary/aromatic N) is 1. The van der Waals surface area contributed by atoms with E-state index in [1.807, 2.05) is 0 Å². The van der Waals surface area contributed by atoms with Gasteiger partial charge in [-0.3, -0.25) is 0 Å². The Morgan fingerprint density at radius 2 is 2.25 bits per heavy atom. The summed E-state index contributed by atoms with van der Waals surface area (Å²) in [6, 6.07) is 0. The Morgan fingerprint density at radius 1 is 1.75 bits per heavy atom. The van der Waals surface area contributed by atoms with E-state index in [1.54, 1.807) is 6.92 Å². The van der Waals surface area contributed by atoms with E-state index in [0.717, 1.165) is 5.06 Å². The summed E-state index contributed by atoms with van der Waals surface area (Å²) in [5.41, 5.74) is 0. The first-order chi connectivity index (χ1) is 3.66. The SMILES string of the molecule is C/C=C(\O)CN(C)O. The predicted octanol–water partition coefficient (Wildman–Crippen LogP) is 0.769. The lowest BCUT2D eigenvalue weighted by Gasteiger charge is -2.04. The Morgan fingerprint density at radius 3 is 2.38 bits per heavy atom. The van der Waals surface area contributed by atoms with Gasteiger partial charge in [0.1, 0.15) is 5.76 Å². The molecule has 0 aliphatic heterocycles. The topological polar surface area (TPSA) is 43.7 Å². The predicted molar refractivity (Wildman–Crippen MR) is 30.8 cm³/mol. The van der Waals surface area contributed by atoms with Crippen molar-refractivity contribution in [2.24, 2.45) is 0 Å². The van der Waals surface area contributed by atoms with Gasteiger partial charge in [-0.1, -0.05) is 0 Å². The third-order valence-electron chi connectivity index (χ3n) is 0.724. The van der Waals surface area contributed by atoms with Crippen molar-refractivity contribution in [1.82, 2.24) is 5.06 Å². The van der Waals surface area contributed by atoms with Crippen molar-refractivity contribution >= 4 is 0 Å². The van der Waals surface area contributed by atoms with Crippen LogP contribution in [-0.2, 0) is 0 Å². The van der Waals surface area contributed by atoms with Gasteiger partial charge in [0, 0.05) is 7.05 Å². The maximum Gasteiger partial charge on any atom is 0.104 e. The van der Waals surface area contributed by atoms with E-state index in [9.17, 15) is 0 Å². The number of hydrogen-bond acceptors (Lipinski definition) is 3. The Balaban J connectivity index is 3.39. The quantitative estimate of drug-likeness (QED) is 0.414. The number of aliphatic hydroxyl groups is 1. The lowest BCUT2D eigenvalue weighted by Crippen LogP contribution is -2.15. The van der Waals surface area contributed by atoms with Crippen LogP contribution in [0.3, 0.4) is 0 Å². The van der Waals surface area contributed by atoms with Gasteiger partial charge in [0.2, 0.25) is 0 Å². The molecule has 0 aromatic heterocycles. The van der Waals surface area contributed by atoms with Gasteiger partial charge < -0.3 is 10.3 Å². The molecule has 2 N–H and O–H groups in total. The number of hydrogen-bond donors (Lipinski definition) is 2. The molecule has 0 fully saturated rings. The molecule has 0 saturated carbocycles. The molecule has 0 rings (SSSR count). The lowest BCUT2D eigenvalue weighted by molar-refractivity contribution is -0.0625. The Labute approximate surface area is 48.8 Å². The molecule has 0 unspecified atom stereocenters. The minimum atomic E-state index is 0.176. The van der Waals surface area contributed by atoms with Crippen LogP contribution >= 0.6 is 0 Å². The number of aliphatic hydroxyl groups excluding tert-OH is 1. The summed E-state index contributed by atoms with van der Waals surface area (Å²) in [5.74, 6) is 0.176. The molecule has 0 heterocycles. The van der Waals surface area contributed by atoms with E-state index in [-0.39, 0.29) is 12.3 Å². The summed E-state index contributed by atoms with van der Waals surface area (Å²) in [5, 5.41) is 18.1. The summed E-state index contributed by atoms with van der Waals surface area (Å²) in [6.45, 7) is 1.90. The van der Waals surface area contributed by atoms with Crippen LogP contribution < -0.4 is 0 Å². The van der Waals surface area contributed by atoms with Gasteiger partial charge in [-0.15, -0.1) is 0 Å². The highest BCUT2D eigenvalue weighted by Gasteiger charge is 1.92. The molecular formula is C5H11NO2. The van der Waals surface area contributed by atoms with Crippen molar-refractivity contribution in [3.63, 3.8) is 0 Å². The molecule has 0 spiro atoms. The van der Waals surface area contributed by atoms with Gasteiger partial charge in [0.15, 0.2) is 0 Å². The molecule has 0 bridgehead atoms. The van der Waals surface area contributed by atoms with Crippen molar-refractivity contribution in [3.05, 3.63) is 11.8 Å². The van der Waals surface area contributed by atoms with Crippen molar-refractivity contribution < 1.29 is 10.3 Å². The molecule has 0 aliphatic carbocycles. The molecule has 8 heavy (non-hydrogen) atoms. The second kappa shape index (κ2) is 3.46. The highest BCUT2D eigenvalue weighted by molar-refractivity contribution is 4.88. The second-order valence-corrected chi connectivity index (χ2v) is 1.60. The molecular weight excluding hydrogens is 106 g/mol. The van der Waals surface area contributed by atoms with Crippen LogP contribution in [-0.4, -0.2) is 29.0 Å². The Hall–Kier alpha value is -0.540. The van der Waals surface area contributed by atoms with E-state index >= 15 is 0 Å². The van der Waals surface area contributed by atoms with Crippen LogP contribution in [0.15, 0.2) is 11.8 Å². The summed E-state index contributed by atoms with van der Waals surface area (Å²) in [4.78, 5) is 0. The first-order valence-corrected chi connectivity index (χ1v) is 2.41. The van der Waals surface area contributed by atoms with Gasteiger partial charge in [-0.2, -0.15) is 5.06 Å². The zero-order valence-corrected chi connectivity index (χ0v) is 5.13. The molecule has 0 atom stereocenters. The van der Waals surface area contributed by atoms with E-state index in [4.69, 9.17) is 10.3 Å². The van der Waals surface area contributed by atoms with Gasteiger partial charge >= 0.3 is 0 Å². The zero-order valence-electron chi connectivity index (χ0n) is 5.13. The zero-order chi connectivity index (χ0) is 6.57. The van der Waals surface area contributed by atoms with E-state index < -0.39 is 0 Å². The van der Waals surface area contributed by atoms with E-state index in [0.29, 0.717) is 0 Å². The van der Waals surface area contributed by atoms with Crippen LogP contribution in [0.1, 0.15) is 6.92 Å². The summed E-state index contributed by atoms with van der Waals surface area (Å²) in [7, 11) is 1.47.